The highest BCUT2D eigenvalue weighted by Crippen LogP contribution is 2.39. The van der Waals surface area contributed by atoms with Gasteiger partial charge in [0.2, 0.25) is 0 Å². The first-order valence-corrected chi connectivity index (χ1v) is 8.73. The van der Waals surface area contributed by atoms with Crippen LogP contribution < -0.4 is 0 Å². The molecule has 1 aliphatic rings. The van der Waals surface area contributed by atoms with Gasteiger partial charge in [-0.2, -0.15) is 0 Å². The average Bonchev–Trinajstić information content (AvgIpc) is 3.05. The number of halogens is 1. The van der Waals surface area contributed by atoms with E-state index in [4.69, 9.17) is 0 Å². The maximum atomic E-state index is 10.8. The van der Waals surface area contributed by atoms with Gasteiger partial charge in [-0.15, -0.1) is 11.3 Å². The monoisotopic (exact) mass is 358 g/mol. The molecule has 1 aromatic heterocycles. The van der Waals surface area contributed by atoms with Crippen molar-refractivity contribution in [3.8, 4) is 0 Å². The van der Waals surface area contributed by atoms with Gasteiger partial charge in [-0.3, -0.25) is 0 Å². The predicted octanol–water partition coefficient (Wildman–Crippen LogP) is 5.15. The highest BCUT2D eigenvalue weighted by molar-refractivity contribution is 9.11. The number of benzene rings is 2. The van der Waals surface area contributed by atoms with E-state index < -0.39 is 6.10 Å². The number of aliphatic hydroxyl groups is 1. The number of thiophene rings is 1. The lowest BCUT2D eigenvalue weighted by Crippen LogP contribution is -1.99. The molecule has 0 fully saturated rings. The lowest BCUT2D eigenvalue weighted by Gasteiger charge is -2.14. The zero-order chi connectivity index (χ0) is 14.6. The lowest BCUT2D eigenvalue weighted by atomic mass is 9.96. The minimum atomic E-state index is -0.551. The van der Waals surface area contributed by atoms with Crippen molar-refractivity contribution in [3.63, 3.8) is 0 Å². The van der Waals surface area contributed by atoms with Gasteiger partial charge in [-0.05, 0) is 74.8 Å². The zero-order valence-electron chi connectivity index (χ0n) is 11.7. The van der Waals surface area contributed by atoms with Crippen molar-refractivity contribution in [2.24, 2.45) is 0 Å². The molecular formula is C18H15BrOS. The van der Waals surface area contributed by atoms with Crippen LogP contribution in [-0.2, 0) is 12.8 Å². The Labute approximate surface area is 136 Å². The molecule has 0 saturated carbocycles. The van der Waals surface area contributed by atoms with Gasteiger partial charge >= 0.3 is 0 Å². The average molecular weight is 359 g/mol. The Balaban J connectivity index is 1.91. The Morgan fingerprint density at radius 2 is 1.90 bits per heavy atom. The van der Waals surface area contributed by atoms with Gasteiger partial charge in [0.1, 0.15) is 6.10 Å². The normalized spacial score (nSPS) is 14.8. The molecule has 2 aromatic carbocycles. The van der Waals surface area contributed by atoms with Crippen LogP contribution in [0.25, 0.3) is 10.8 Å². The smallest absolute Gasteiger partial charge is 0.114 e. The number of hydrogen-bond acceptors (Lipinski definition) is 2. The molecule has 106 valence electrons. The highest BCUT2D eigenvalue weighted by atomic mass is 79.9. The summed E-state index contributed by atoms with van der Waals surface area (Å²) < 4.78 is 1.10. The summed E-state index contributed by atoms with van der Waals surface area (Å²) in [6, 6.07) is 12.8. The number of hydrogen-bond donors (Lipinski definition) is 1. The van der Waals surface area contributed by atoms with Crippen LogP contribution >= 0.6 is 27.3 Å². The molecule has 3 heteroatoms. The van der Waals surface area contributed by atoms with E-state index in [1.54, 1.807) is 11.3 Å². The predicted molar refractivity (Wildman–Crippen MR) is 92.2 cm³/mol. The first-order valence-electron chi connectivity index (χ1n) is 7.12. The molecule has 0 spiro atoms. The van der Waals surface area contributed by atoms with E-state index in [9.17, 15) is 5.11 Å². The maximum absolute atomic E-state index is 10.8. The molecule has 1 aliphatic carbocycles. The molecule has 0 amide bonds. The lowest BCUT2D eigenvalue weighted by molar-refractivity contribution is 0.225. The largest absolute Gasteiger partial charge is 0.383 e. The first-order chi connectivity index (χ1) is 10.1. The summed E-state index contributed by atoms with van der Waals surface area (Å²) in [5.74, 6) is 0. The van der Waals surface area contributed by atoms with E-state index in [0.29, 0.717) is 0 Å². The Hall–Kier alpha value is -1.16. The second kappa shape index (κ2) is 4.94. The maximum Gasteiger partial charge on any atom is 0.114 e. The fourth-order valence-electron chi connectivity index (χ4n) is 3.28. The molecule has 1 nitrogen and oxygen atoms in total. The highest BCUT2D eigenvalue weighted by Gasteiger charge is 2.21. The molecule has 0 radical (unpaired) electrons. The Morgan fingerprint density at radius 3 is 2.62 bits per heavy atom. The molecule has 4 rings (SSSR count). The summed E-state index contributed by atoms with van der Waals surface area (Å²) >= 11 is 5.16. The second-order valence-electron chi connectivity index (χ2n) is 5.66. The van der Waals surface area contributed by atoms with Gasteiger partial charge < -0.3 is 5.11 Å². The molecule has 0 aliphatic heterocycles. The van der Waals surface area contributed by atoms with Crippen LogP contribution in [-0.4, -0.2) is 5.11 Å². The van der Waals surface area contributed by atoms with Crippen LogP contribution in [0.5, 0.6) is 0 Å². The number of aryl methyl sites for hydroxylation is 3. The molecule has 3 aromatic rings. The van der Waals surface area contributed by atoms with Crippen LogP contribution in [0.3, 0.4) is 0 Å². The summed E-state index contributed by atoms with van der Waals surface area (Å²) in [6.07, 6.45) is 1.69. The van der Waals surface area contributed by atoms with Crippen molar-refractivity contribution in [2.45, 2.75) is 25.9 Å². The van der Waals surface area contributed by atoms with E-state index >= 15 is 0 Å². The van der Waals surface area contributed by atoms with Crippen molar-refractivity contribution >= 4 is 38.0 Å². The van der Waals surface area contributed by atoms with Crippen molar-refractivity contribution in [3.05, 3.63) is 67.3 Å². The summed E-state index contributed by atoms with van der Waals surface area (Å²) in [5, 5.41) is 13.4. The fourth-order valence-corrected chi connectivity index (χ4v) is 4.86. The van der Waals surface area contributed by atoms with Crippen LogP contribution in [0.15, 0.2) is 40.2 Å². The quantitative estimate of drug-likeness (QED) is 0.671. The molecule has 1 atom stereocenters. The van der Waals surface area contributed by atoms with Gasteiger partial charge in [-0.1, -0.05) is 30.3 Å². The molecule has 1 heterocycles. The molecule has 0 saturated heterocycles. The Morgan fingerprint density at radius 1 is 1.14 bits per heavy atom. The molecule has 1 unspecified atom stereocenters. The minimum absolute atomic E-state index is 0.551. The van der Waals surface area contributed by atoms with Crippen molar-refractivity contribution in [1.29, 1.82) is 0 Å². The molecule has 21 heavy (non-hydrogen) atoms. The number of rotatable bonds is 2. The van der Waals surface area contributed by atoms with E-state index in [1.165, 1.54) is 27.5 Å². The third-order valence-electron chi connectivity index (χ3n) is 4.35. The van der Waals surface area contributed by atoms with E-state index in [-0.39, 0.29) is 0 Å². The summed E-state index contributed by atoms with van der Waals surface area (Å²) in [7, 11) is 0. The third kappa shape index (κ3) is 2.07. The van der Waals surface area contributed by atoms with Gasteiger partial charge in [0.05, 0.1) is 3.79 Å². The standard InChI is InChI=1S/C18H15BrOS/c1-10-9-15(21-18(10)19)17(20)14-8-7-12-6-5-11-3-2-4-13(14)16(11)12/h2-4,7-9,17,20H,5-6H2,1H3. The summed E-state index contributed by atoms with van der Waals surface area (Å²) in [4.78, 5) is 0.998. The van der Waals surface area contributed by atoms with Crippen LogP contribution in [0.1, 0.15) is 33.2 Å². The fraction of sp³-hybridized carbons (Fsp3) is 0.222. The van der Waals surface area contributed by atoms with Crippen molar-refractivity contribution < 1.29 is 5.11 Å². The van der Waals surface area contributed by atoms with E-state index in [1.807, 2.05) is 0 Å². The first kappa shape index (κ1) is 13.5. The Kier molecular flexibility index (Phi) is 3.18. The summed E-state index contributed by atoms with van der Waals surface area (Å²) in [6.45, 7) is 2.06. The van der Waals surface area contributed by atoms with Gasteiger partial charge in [0.25, 0.3) is 0 Å². The topological polar surface area (TPSA) is 20.2 Å². The molecule has 0 bridgehead atoms. The van der Waals surface area contributed by atoms with Gasteiger partial charge in [-0.25, -0.2) is 0 Å². The SMILES string of the molecule is Cc1cc(C(O)c2ccc3c4c(cccc24)CC3)sc1Br. The summed E-state index contributed by atoms with van der Waals surface area (Å²) in [5.41, 5.74) is 5.03. The van der Waals surface area contributed by atoms with Crippen molar-refractivity contribution in [2.75, 3.05) is 0 Å². The molecular weight excluding hydrogens is 344 g/mol. The van der Waals surface area contributed by atoms with E-state index in [2.05, 4.69) is 59.3 Å². The Bertz CT molecular complexity index is 820. The van der Waals surface area contributed by atoms with Gasteiger partial charge in [0.15, 0.2) is 0 Å². The van der Waals surface area contributed by atoms with Crippen LogP contribution in [0, 0.1) is 6.92 Å². The molecule has 1 N–H and O–H groups in total. The van der Waals surface area contributed by atoms with Crippen LogP contribution in [0.4, 0.5) is 0 Å². The third-order valence-corrected chi connectivity index (χ3v) is 6.54. The van der Waals surface area contributed by atoms with Crippen LogP contribution in [0.2, 0.25) is 0 Å². The van der Waals surface area contributed by atoms with E-state index in [0.717, 1.165) is 27.1 Å². The van der Waals surface area contributed by atoms with Gasteiger partial charge in [0, 0.05) is 4.88 Å². The van der Waals surface area contributed by atoms with Crippen molar-refractivity contribution in [1.82, 2.24) is 0 Å². The second-order valence-corrected chi connectivity index (χ2v) is 8.06. The zero-order valence-corrected chi connectivity index (χ0v) is 14.1. The number of aliphatic hydroxyl groups excluding tert-OH is 1. The minimum Gasteiger partial charge on any atom is -0.383 e.